The van der Waals surface area contributed by atoms with Crippen LogP contribution in [0.4, 0.5) is 11.5 Å². The highest BCUT2D eigenvalue weighted by Gasteiger charge is 2.16. The number of amides is 2. The van der Waals surface area contributed by atoms with Crippen molar-refractivity contribution in [3.8, 4) is 22.5 Å². The van der Waals surface area contributed by atoms with Crippen molar-refractivity contribution in [3.05, 3.63) is 91.1 Å². The second-order valence-electron chi connectivity index (χ2n) is 8.00. The Kier molecular flexibility index (Phi) is 6.31. The third-order valence-electron chi connectivity index (χ3n) is 5.37. The number of primary amides is 1. The highest BCUT2D eigenvalue weighted by molar-refractivity contribution is 6.03. The van der Waals surface area contributed by atoms with Gasteiger partial charge in [0.1, 0.15) is 11.9 Å². The van der Waals surface area contributed by atoms with Crippen LogP contribution in [-0.2, 0) is 16.1 Å². The Hall–Kier alpha value is -5.12. The third kappa shape index (κ3) is 5.02. The zero-order valence-corrected chi connectivity index (χ0v) is 19.1. The van der Waals surface area contributed by atoms with Crippen molar-refractivity contribution < 1.29 is 9.59 Å². The van der Waals surface area contributed by atoms with Crippen molar-refractivity contribution in [1.82, 2.24) is 24.6 Å². The van der Waals surface area contributed by atoms with E-state index in [2.05, 4.69) is 20.6 Å². The molecule has 4 heterocycles. The Morgan fingerprint density at radius 2 is 1.81 bits per heavy atom. The highest BCUT2D eigenvalue weighted by atomic mass is 16.2. The molecule has 5 rings (SSSR count). The van der Waals surface area contributed by atoms with Crippen LogP contribution in [0, 0.1) is 0 Å². The Bertz CT molecular complexity index is 1530. The molecule has 1 aromatic carbocycles. The van der Waals surface area contributed by atoms with Crippen molar-refractivity contribution >= 4 is 28.8 Å². The number of benzene rings is 1. The minimum atomic E-state index is -0.712. The summed E-state index contributed by atoms with van der Waals surface area (Å²) in [5.41, 5.74) is 9.80. The monoisotopic (exact) mass is 478 g/mol. The first kappa shape index (κ1) is 22.7. The average Bonchev–Trinajstić information content (AvgIpc) is 3.32. The van der Waals surface area contributed by atoms with Gasteiger partial charge in [-0.1, -0.05) is 36.4 Å². The Balaban J connectivity index is 1.55. The number of fused-ring (bicyclic) bond motifs is 1. The lowest BCUT2D eigenvalue weighted by Gasteiger charge is -2.12. The summed E-state index contributed by atoms with van der Waals surface area (Å²) in [5.74, 6) is -0.207. The van der Waals surface area contributed by atoms with Gasteiger partial charge in [-0.25, -0.2) is 9.50 Å². The van der Waals surface area contributed by atoms with Gasteiger partial charge in [-0.15, -0.1) is 5.10 Å². The molecule has 0 aliphatic rings. The first-order valence-electron chi connectivity index (χ1n) is 11.2. The summed E-state index contributed by atoms with van der Waals surface area (Å²) in [6.07, 6.45) is 6.29. The van der Waals surface area contributed by atoms with E-state index in [0.717, 1.165) is 22.3 Å². The molecule has 10 heteroatoms. The van der Waals surface area contributed by atoms with Crippen molar-refractivity contribution in [3.63, 3.8) is 0 Å². The average molecular weight is 479 g/mol. The van der Waals surface area contributed by atoms with Gasteiger partial charge < -0.3 is 16.4 Å². The van der Waals surface area contributed by atoms with Crippen LogP contribution in [0.1, 0.15) is 12.1 Å². The third-order valence-corrected chi connectivity index (χ3v) is 5.37. The molecule has 0 radical (unpaired) electrons. The minimum absolute atomic E-state index is 0.403. The van der Waals surface area contributed by atoms with Gasteiger partial charge in [0, 0.05) is 29.7 Å². The van der Waals surface area contributed by atoms with Gasteiger partial charge in [-0.3, -0.25) is 19.6 Å². The minimum Gasteiger partial charge on any atom is -0.369 e. The molecule has 0 spiro atoms. The Labute approximate surface area is 206 Å². The lowest BCUT2D eigenvalue weighted by Crippen LogP contribution is -2.21. The molecule has 2 amide bonds. The van der Waals surface area contributed by atoms with Gasteiger partial charge in [0.05, 0.1) is 24.1 Å². The summed E-state index contributed by atoms with van der Waals surface area (Å²) in [6, 6.07) is 19.4. The number of nitrogens with one attached hydrogen (secondary N) is 2. The summed E-state index contributed by atoms with van der Waals surface area (Å²) in [6.45, 7) is 0.466. The maximum Gasteiger partial charge on any atom is 0.233 e. The molecule has 4 aromatic heterocycles. The van der Waals surface area contributed by atoms with Gasteiger partial charge in [0.15, 0.2) is 11.6 Å². The topological polar surface area (TPSA) is 140 Å². The normalized spacial score (nSPS) is 10.8. The number of nitrogens with zero attached hydrogens (tertiary/aromatic N) is 5. The van der Waals surface area contributed by atoms with Gasteiger partial charge in [0.25, 0.3) is 0 Å². The zero-order chi connectivity index (χ0) is 24.9. The second kappa shape index (κ2) is 10.0. The van der Waals surface area contributed by atoms with Gasteiger partial charge >= 0.3 is 0 Å². The number of nitrogens with two attached hydrogens (primary N) is 1. The van der Waals surface area contributed by atoms with E-state index in [0.29, 0.717) is 29.4 Å². The van der Waals surface area contributed by atoms with Crippen LogP contribution in [0.15, 0.2) is 85.5 Å². The zero-order valence-electron chi connectivity index (χ0n) is 19.1. The van der Waals surface area contributed by atoms with Crippen molar-refractivity contribution in [2.45, 2.75) is 13.0 Å². The number of hydrogen-bond donors (Lipinski definition) is 3. The van der Waals surface area contributed by atoms with Crippen LogP contribution in [0.25, 0.3) is 28.0 Å². The molecule has 0 aliphatic carbocycles. The van der Waals surface area contributed by atoms with E-state index in [-0.39, 0.29) is 0 Å². The second-order valence-corrected chi connectivity index (χ2v) is 8.00. The summed E-state index contributed by atoms with van der Waals surface area (Å²) in [7, 11) is 0. The molecule has 0 fully saturated rings. The predicted octanol–water partition coefficient (Wildman–Crippen LogP) is 3.28. The summed E-state index contributed by atoms with van der Waals surface area (Å²) < 4.78 is 1.77. The van der Waals surface area contributed by atoms with E-state index in [1.165, 1.54) is 6.20 Å². The van der Waals surface area contributed by atoms with Gasteiger partial charge in [-0.05, 0) is 29.8 Å². The maximum absolute atomic E-state index is 12.0. The Morgan fingerprint density at radius 3 is 2.58 bits per heavy atom. The van der Waals surface area contributed by atoms with Crippen molar-refractivity contribution in [2.24, 2.45) is 5.73 Å². The number of carbonyl (C=O) groups is 2. The molecule has 0 saturated carbocycles. The molecule has 36 heavy (non-hydrogen) atoms. The fourth-order valence-electron chi connectivity index (χ4n) is 3.79. The van der Waals surface area contributed by atoms with Crippen molar-refractivity contribution in [2.75, 3.05) is 10.6 Å². The lowest BCUT2D eigenvalue weighted by molar-refractivity contribution is -0.124. The molecule has 0 aliphatic heterocycles. The van der Waals surface area contributed by atoms with E-state index in [9.17, 15) is 9.59 Å². The fourth-order valence-corrected chi connectivity index (χ4v) is 3.79. The Morgan fingerprint density at radius 1 is 0.972 bits per heavy atom. The SMILES string of the molecule is NC(=O)CC(=O)Nc1cncc(-c2nc(NCc3ccccn3)c3c(-c4ccccc4)ccn3n2)c1. The molecule has 0 atom stereocenters. The molecule has 0 bridgehead atoms. The fraction of sp³-hybridized carbons (Fsp3) is 0.0769. The smallest absolute Gasteiger partial charge is 0.233 e. The van der Waals surface area contributed by atoms with Crippen LogP contribution in [0.2, 0.25) is 0 Å². The van der Waals surface area contributed by atoms with Crippen LogP contribution in [0.5, 0.6) is 0 Å². The first-order chi connectivity index (χ1) is 17.6. The van der Waals surface area contributed by atoms with Crippen LogP contribution < -0.4 is 16.4 Å². The molecule has 5 aromatic rings. The molecule has 10 nitrogen and oxygen atoms in total. The molecule has 178 valence electrons. The van der Waals surface area contributed by atoms with Crippen LogP contribution in [-0.4, -0.2) is 36.4 Å². The number of pyridine rings is 2. The number of aromatic nitrogens is 5. The van der Waals surface area contributed by atoms with E-state index in [4.69, 9.17) is 15.8 Å². The van der Waals surface area contributed by atoms with E-state index >= 15 is 0 Å². The van der Waals surface area contributed by atoms with Crippen LogP contribution in [0.3, 0.4) is 0 Å². The van der Waals surface area contributed by atoms with Gasteiger partial charge in [0.2, 0.25) is 11.8 Å². The predicted molar refractivity (Wildman–Crippen MR) is 136 cm³/mol. The standard InChI is InChI=1S/C26H22N8O2/c27-22(35)13-23(36)31-20-12-18(14-28-15-20)25-32-26(30-16-19-8-4-5-10-29-19)24-21(9-11-34(24)33-25)17-6-2-1-3-7-17/h1-12,14-15H,13,16H2,(H2,27,35)(H,31,36)(H,30,32,33). The van der Waals surface area contributed by atoms with E-state index < -0.39 is 18.2 Å². The summed E-state index contributed by atoms with van der Waals surface area (Å²) in [4.78, 5) is 36.4. The largest absolute Gasteiger partial charge is 0.369 e. The van der Waals surface area contributed by atoms with E-state index in [1.54, 1.807) is 23.0 Å². The first-order valence-corrected chi connectivity index (χ1v) is 11.2. The molecular weight excluding hydrogens is 456 g/mol. The number of rotatable bonds is 8. The van der Waals surface area contributed by atoms with Crippen LogP contribution >= 0.6 is 0 Å². The molecule has 0 unspecified atom stereocenters. The quantitative estimate of drug-likeness (QED) is 0.291. The molecule has 0 saturated heterocycles. The maximum atomic E-state index is 12.0. The van der Waals surface area contributed by atoms with Gasteiger partial charge in [-0.2, -0.15) is 0 Å². The number of hydrogen-bond acceptors (Lipinski definition) is 7. The summed E-state index contributed by atoms with van der Waals surface area (Å²) in [5, 5.41) is 10.7. The van der Waals surface area contributed by atoms with Crippen molar-refractivity contribution in [1.29, 1.82) is 0 Å². The summed E-state index contributed by atoms with van der Waals surface area (Å²) >= 11 is 0. The lowest BCUT2D eigenvalue weighted by atomic mass is 10.1. The van der Waals surface area contributed by atoms with E-state index in [1.807, 2.05) is 60.8 Å². The number of carbonyl (C=O) groups excluding carboxylic acids is 2. The molecular formula is C26H22N8O2. The molecule has 4 N–H and O–H groups in total. The number of anilines is 2. The highest BCUT2D eigenvalue weighted by Crippen LogP contribution is 2.31.